The average molecular weight is 282 g/mol. The van der Waals surface area contributed by atoms with Gasteiger partial charge < -0.3 is 5.73 Å². The molecule has 5 heteroatoms. The molecule has 1 aliphatic rings. The number of hydrogen-bond acceptors (Lipinski definition) is 3. The lowest BCUT2D eigenvalue weighted by Gasteiger charge is -2.24. The van der Waals surface area contributed by atoms with Crippen molar-refractivity contribution in [3.63, 3.8) is 0 Å². The Kier molecular flexibility index (Phi) is 4.60. The maximum absolute atomic E-state index is 12.5. The standard InChI is InChI=1S/C14H22N2O2S/c1-12(13-6-3-2-4-7-13)11-19(17,18)16-9-5-8-14(16)10-15/h2-4,6-7,12,14H,5,8-11,15H2,1H3. The first-order chi connectivity index (χ1) is 9.04. The van der Waals surface area contributed by atoms with Gasteiger partial charge in [0.15, 0.2) is 0 Å². The van der Waals surface area contributed by atoms with E-state index in [1.807, 2.05) is 37.3 Å². The van der Waals surface area contributed by atoms with E-state index in [0.29, 0.717) is 13.1 Å². The Morgan fingerprint density at radius 3 is 2.68 bits per heavy atom. The topological polar surface area (TPSA) is 63.4 Å². The number of nitrogens with zero attached hydrogens (tertiary/aromatic N) is 1. The molecule has 2 rings (SSSR count). The van der Waals surface area contributed by atoms with E-state index in [2.05, 4.69) is 0 Å². The van der Waals surface area contributed by atoms with Gasteiger partial charge in [0.1, 0.15) is 0 Å². The van der Waals surface area contributed by atoms with Crippen LogP contribution in [0.25, 0.3) is 0 Å². The van der Waals surface area contributed by atoms with E-state index in [0.717, 1.165) is 18.4 Å². The van der Waals surface area contributed by atoms with Crippen molar-refractivity contribution in [2.45, 2.75) is 31.7 Å². The fraction of sp³-hybridized carbons (Fsp3) is 0.571. The third-order valence-electron chi connectivity index (χ3n) is 3.78. The van der Waals surface area contributed by atoms with Gasteiger partial charge in [-0.25, -0.2) is 8.42 Å². The number of nitrogens with two attached hydrogens (primary N) is 1. The summed E-state index contributed by atoms with van der Waals surface area (Å²) in [5.74, 6) is 0.165. The highest BCUT2D eigenvalue weighted by Gasteiger charge is 2.34. The molecule has 1 fully saturated rings. The number of sulfonamides is 1. The Balaban J connectivity index is 2.09. The first-order valence-electron chi connectivity index (χ1n) is 6.79. The molecule has 0 radical (unpaired) electrons. The Bertz CT molecular complexity index is 501. The van der Waals surface area contributed by atoms with Crippen LogP contribution in [0.15, 0.2) is 30.3 Å². The van der Waals surface area contributed by atoms with Crippen LogP contribution in [0.4, 0.5) is 0 Å². The first-order valence-corrected chi connectivity index (χ1v) is 8.40. The predicted octanol–water partition coefficient (Wildman–Crippen LogP) is 1.54. The van der Waals surface area contributed by atoms with E-state index in [9.17, 15) is 8.42 Å². The summed E-state index contributed by atoms with van der Waals surface area (Å²) in [5.41, 5.74) is 6.72. The van der Waals surface area contributed by atoms with Gasteiger partial charge in [-0.3, -0.25) is 0 Å². The Hall–Kier alpha value is -0.910. The number of benzene rings is 1. The van der Waals surface area contributed by atoms with Crippen LogP contribution < -0.4 is 5.73 Å². The summed E-state index contributed by atoms with van der Waals surface area (Å²) in [6.45, 7) is 2.99. The van der Waals surface area contributed by atoms with E-state index in [4.69, 9.17) is 5.73 Å². The van der Waals surface area contributed by atoms with Crippen molar-refractivity contribution in [1.29, 1.82) is 0 Å². The van der Waals surface area contributed by atoms with Gasteiger partial charge in [0.05, 0.1) is 5.75 Å². The lowest BCUT2D eigenvalue weighted by atomic mass is 10.0. The molecular weight excluding hydrogens is 260 g/mol. The highest BCUT2D eigenvalue weighted by molar-refractivity contribution is 7.89. The fourth-order valence-corrected chi connectivity index (χ4v) is 4.77. The highest BCUT2D eigenvalue weighted by Crippen LogP contribution is 2.24. The molecule has 1 saturated heterocycles. The third kappa shape index (κ3) is 3.35. The molecule has 0 aliphatic carbocycles. The van der Waals surface area contributed by atoms with Crippen molar-refractivity contribution in [1.82, 2.24) is 4.31 Å². The fourth-order valence-electron chi connectivity index (χ4n) is 2.70. The summed E-state index contributed by atoms with van der Waals surface area (Å²) in [7, 11) is -3.22. The monoisotopic (exact) mass is 282 g/mol. The van der Waals surface area contributed by atoms with Crippen LogP contribution in [-0.2, 0) is 10.0 Å². The molecule has 0 aromatic heterocycles. The maximum atomic E-state index is 12.5. The Labute approximate surface area is 115 Å². The van der Waals surface area contributed by atoms with Crippen LogP contribution in [0.2, 0.25) is 0 Å². The summed E-state index contributed by atoms with van der Waals surface area (Å²) in [6.07, 6.45) is 1.80. The van der Waals surface area contributed by atoms with E-state index < -0.39 is 10.0 Å². The zero-order valence-corrected chi connectivity index (χ0v) is 12.1. The van der Waals surface area contributed by atoms with Gasteiger partial charge in [0.25, 0.3) is 0 Å². The minimum Gasteiger partial charge on any atom is -0.329 e. The summed E-state index contributed by atoms with van der Waals surface area (Å²) in [6, 6.07) is 9.77. The predicted molar refractivity (Wildman–Crippen MR) is 77.4 cm³/mol. The molecule has 1 heterocycles. The second kappa shape index (κ2) is 6.03. The van der Waals surface area contributed by atoms with Gasteiger partial charge in [-0.2, -0.15) is 4.31 Å². The van der Waals surface area contributed by atoms with Crippen molar-refractivity contribution in [3.05, 3.63) is 35.9 Å². The quantitative estimate of drug-likeness (QED) is 0.891. The summed E-state index contributed by atoms with van der Waals surface area (Å²) < 4.78 is 26.5. The van der Waals surface area contributed by atoms with Crippen molar-refractivity contribution >= 4 is 10.0 Å². The Morgan fingerprint density at radius 1 is 1.37 bits per heavy atom. The van der Waals surface area contributed by atoms with Crippen LogP contribution in [0, 0.1) is 0 Å². The number of rotatable bonds is 5. The SMILES string of the molecule is CC(CS(=O)(=O)N1CCCC1CN)c1ccccc1. The average Bonchev–Trinajstić information content (AvgIpc) is 2.88. The Morgan fingerprint density at radius 2 is 2.05 bits per heavy atom. The second-order valence-electron chi connectivity index (χ2n) is 5.23. The summed E-state index contributed by atoms with van der Waals surface area (Å²) in [5, 5.41) is 0. The van der Waals surface area contributed by atoms with Crippen molar-refractivity contribution in [2.75, 3.05) is 18.8 Å². The maximum Gasteiger partial charge on any atom is 0.214 e. The lowest BCUT2D eigenvalue weighted by molar-refractivity contribution is 0.391. The first kappa shape index (κ1) is 14.5. The van der Waals surface area contributed by atoms with Crippen molar-refractivity contribution in [2.24, 2.45) is 5.73 Å². The smallest absolute Gasteiger partial charge is 0.214 e. The van der Waals surface area contributed by atoms with Crippen LogP contribution in [0.3, 0.4) is 0 Å². The van der Waals surface area contributed by atoms with Crippen LogP contribution >= 0.6 is 0 Å². The number of hydrogen-bond donors (Lipinski definition) is 1. The molecule has 2 unspecified atom stereocenters. The van der Waals surface area contributed by atoms with E-state index in [1.54, 1.807) is 4.31 Å². The van der Waals surface area contributed by atoms with E-state index >= 15 is 0 Å². The lowest BCUT2D eigenvalue weighted by Crippen LogP contribution is -2.41. The minimum absolute atomic E-state index is 0.00484. The van der Waals surface area contributed by atoms with E-state index in [-0.39, 0.29) is 17.7 Å². The van der Waals surface area contributed by atoms with Gasteiger partial charge in [-0.05, 0) is 24.3 Å². The van der Waals surface area contributed by atoms with Crippen molar-refractivity contribution < 1.29 is 8.42 Å². The normalized spacial score (nSPS) is 22.5. The molecule has 2 atom stereocenters. The van der Waals surface area contributed by atoms with Gasteiger partial charge in [-0.1, -0.05) is 37.3 Å². The summed E-state index contributed by atoms with van der Waals surface area (Å²) >= 11 is 0. The molecule has 106 valence electrons. The largest absolute Gasteiger partial charge is 0.329 e. The molecule has 4 nitrogen and oxygen atoms in total. The van der Waals surface area contributed by atoms with Gasteiger partial charge >= 0.3 is 0 Å². The summed E-state index contributed by atoms with van der Waals surface area (Å²) in [4.78, 5) is 0. The molecule has 0 bridgehead atoms. The van der Waals surface area contributed by atoms with Crippen LogP contribution in [-0.4, -0.2) is 37.6 Å². The zero-order valence-electron chi connectivity index (χ0n) is 11.3. The minimum atomic E-state index is -3.22. The molecule has 0 saturated carbocycles. The molecule has 19 heavy (non-hydrogen) atoms. The molecule has 1 aliphatic heterocycles. The molecular formula is C14H22N2O2S. The third-order valence-corrected chi connectivity index (χ3v) is 5.90. The van der Waals surface area contributed by atoms with Gasteiger partial charge in [-0.15, -0.1) is 0 Å². The molecule has 0 amide bonds. The molecule has 2 N–H and O–H groups in total. The van der Waals surface area contributed by atoms with Crippen LogP contribution in [0.5, 0.6) is 0 Å². The van der Waals surface area contributed by atoms with E-state index in [1.165, 1.54) is 0 Å². The molecule has 1 aromatic rings. The van der Waals surface area contributed by atoms with Gasteiger partial charge in [0.2, 0.25) is 10.0 Å². The van der Waals surface area contributed by atoms with Crippen LogP contribution in [0.1, 0.15) is 31.2 Å². The molecule has 0 spiro atoms. The zero-order chi connectivity index (χ0) is 13.9. The van der Waals surface area contributed by atoms with Crippen molar-refractivity contribution in [3.8, 4) is 0 Å². The van der Waals surface area contributed by atoms with Gasteiger partial charge in [0, 0.05) is 19.1 Å². The molecule has 1 aromatic carbocycles. The highest BCUT2D eigenvalue weighted by atomic mass is 32.2. The second-order valence-corrected chi connectivity index (χ2v) is 7.20.